The van der Waals surface area contributed by atoms with Gasteiger partial charge in [0.2, 0.25) is 0 Å². The van der Waals surface area contributed by atoms with Gasteiger partial charge in [-0.1, -0.05) is 40.2 Å². The highest BCUT2D eigenvalue weighted by atomic mass is 79.9. The molecule has 0 spiro atoms. The third-order valence-corrected chi connectivity index (χ3v) is 4.36. The van der Waals surface area contributed by atoms with E-state index in [-0.39, 0.29) is 0 Å². The van der Waals surface area contributed by atoms with Crippen molar-refractivity contribution in [2.45, 2.75) is 19.4 Å². The second kappa shape index (κ2) is 6.91. The predicted octanol–water partition coefficient (Wildman–Crippen LogP) is 4.27. The molecule has 1 N–H and O–H groups in total. The van der Waals surface area contributed by atoms with E-state index in [0.717, 1.165) is 16.6 Å². The highest BCUT2D eigenvalue weighted by molar-refractivity contribution is 9.10. The number of likely N-dealkylation sites (N-methyl/N-ethyl adjacent to an activating group) is 1. The quantitative estimate of drug-likeness (QED) is 0.882. The van der Waals surface area contributed by atoms with Gasteiger partial charge in [0.15, 0.2) is 0 Å². The third-order valence-electron chi connectivity index (χ3n) is 3.59. The van der Waals surface area contributed by atoms with Crippen molar-refractivity contribution in [3.05, 3.63) is 63.6 Å². The van der Waals surface area contributed by atoms with Crippen molar-refractivity contribution in [1.29, 1.82) is 0 Å². The molecule has 0 bridgehead atoms. The van der Waals surface area contributed by atoms with Crippen molar-refractivity contribution in [2.75, 3.05) is 14.2 Å². The monoisotopic (exact) mass is 333 g/mol. The summed E-state index contributed by atoms with van der Waals surface area (Å²) in [6.45, 7) is 2.15. The molecular formula is C17H20BrNO. The molecule has 0 aliphatic carbocycles. The molecule has 0 heterocycles. The maximum atomic E-state index is 5.31. The SMILES string of the molecule is CNC(Cc1cc(OC)ccc1Br)c1ccccc1C. The Morgan fingerprint density at radius 2 is 1.95 bits per heavy atom. The molecule has 2 rings (SSSR count). The van der Waals surface area contributed by atoms with Crippen molar-refractivity contribution in [2.24, 2.45) is 0 Å². The zero-order valence-electron chi connectivity index (χ0n) is 12.1. The first-order valence-electron chi connectivity index (χ1n) is 6.71. The fourth-order valence-electron chi connectivity index (χ4n) is 2.40. The lowest BCUT2D eigenvalue weighted by Gasteiger charge is -2.20. The largest absolute Gasteiger partial charge is 0.497 e. The maximum Gasteiger partial charge on any atom is 0.119 e. The number of aryl methyl sites for hydroxylation is 1. The average Bonchev–Trinajstić information content (AvgIpc) is 2.47. The van der Waals surface area contributed by atoms with Crippen LogP contribution < -0.4 is 10.1 Å². The van der Waals surface area contributed by atoms with Crippen LogP contribution in [0.4, 0.5) is 0 Å². The van der Waals surface area contributed by atoms with E-state index in [1.54, 1.807) is 7.11 Å². The predicted molar refractivity (Wildman–Crippen MR) is 87.4 cm³/mol. The lowest BCUT2D eigenvalue weighted by molar-refractivity contribution is 0.414. The Labute approximate surface area is 129 Å². The smallest absolute Gasteiger partial charge is 0.119 e. The van der Waals surface area contributed by atoms with Gasteiger partial charge in [-0.3, -0.25) is 0 Å². The first kappa shape index (κ1) is 15.1. The van der Waals surface area contributed by atoms with Crippen molar-refractivity contribution < 1.29 is 4.74 Å². The van der Waals surface area contributed by atoms with Gasteiger partial charge in [-0.05, 0) is 55.3 Å². The second-order valence-corrected chi connectivity index (χ2v) is 5.71. The van der Waals surface area contributed by atoms with E-state index in [9.17, 15) is 0 Å². The van der Waals surface area contributed by atoms with Crippen LogP contribution in [-0.2, 0) is 6.42 Å². The minimum Gasteiger partial charge on any atom is -0.497 e. The topological polar surface area (TPSA) is 21.3 Å². The fraction of sp³-hybridized carbons (Fsp3) is 0.294. The summed E-state index contributed by atoms with van der Waals surface area (Å²) in [5.41, 5.74) is 3.89. The first-order valence-corrected chi connectivity index (χ1v) is 7.50. The van der Waals surface area contributed by atoms with Gasteiger partial charge in [0.05, 0.1) is 7.11 Å². The summed E-state index contributed by atoms with van der Waals surface area (Å²) < 4.78 is 6.43. The van der Waals surface area contributed by atoms with E-state index < -0.39 is 0 Å². The van der Waals surface area contributed by atoms with Crippen molar-refractivity contribution in [3.8, 4) is 5.75 Å². The number of halogens is 1. The summed E-state index contributed by atoms with van der Waals surface area (Å²) in [6.07, 6.45) is 0.916. The number of hydrogen-bond acceptors (Lipinski definition) is 2. The molecular weight excluding hydrogens is 314 g/mol. The number of benzene rings is 2. The van der Waals surface area contributed by atoms with Gasteiger partial charge in [0.1, 0.15) is 5.75 Å². The van der Waals surface area contributed by atoms with Crippen molar-refractivity contribution in [3.63, 3.8) is 0 Å². The van der Waals surface area contributed by atoms with Crippen LogP contribution in [0.5, 0.6) is 5.75 Å². The second-order valence-electron chi connectivity index (χ2n) is 4.86. The average molecular weight is 334 g/mol. The Balaban J connectivity index is 2.29. The molecule has 0 radical (unpaired) electrons. The van der Waals surface area contributed by atoms with E-state index in [1.807, 2.05) is 19.2 Å². The van der Waals surface area contributed by atoms with E-state index in [2.05, 4.69) is 58.5 Å². The minimum atomic E-state index is 0.291. The van der Waals surface area contributed by atoms with Crippen LogP contribution in [0.15, 0.2) is 46.9 Å². The molecule has 20 heavy (non-hydrogen) atoms. The molecule has 2 aromatic rings. The van der Waals surface area contributed by atoms with Crippen LogP contribution in [0.2, 0.25) is 0 Å². The molecule has 0 aromatic heterocycles. The van der Waals surface area contributed by atoms with Gasteiger partial charge in [0.25, 0.3) is 0 Å². The van der Waals surface area contributed by atoms with Gasteiger partial charge in [0, 0.05) is 10.5 Å². The molecule has 0 aliphatic rings. The number of hydrogen-bond donors (Lipinski definition) is 1. The lowest BCUT2D eigenvalue weighted by atomic mass is 9.95. The van der Waals surface area contributed by atoms with Gasteiger partial charge >= 0.3 is 0 Å². The number of rotatable bonds is 5. The molecule has 0 saturated heterocycles. The molecule has 0 saturated carbocycles. The normalized spacial score (nSPS) is 12.2. The summed E-state index contributed by atoms with van der Waals surface area (Å²) in [6, 6.07) is 14.9. The maximum absolute atomic E-state index is 5.31. The molecule has 0 aliphatic heterocycles. The summed E-state index contributed by atoms with van der Waals surface area (Å²) in [7, 11) is 3.70. The number of methoxy groups -OCH3 is 1. The molecule has 0 amide bonds. The summed E-state index contributed by atoms with van der Waals surface area (Å²) in [5.74, 6) is 0.892. The first-order chi connectivity index (χ1) is 9.65. The van der Waals surface area contributed by atoms with Gasteiger partial charge < -0.3 is 10.1 Å². The Morgan fingerprint density at radius 1 is 1.20 bits per heavy atom. The lowest BCUT2D eigenvalue weighted by Crippen LogP contribution is -2.20. The Hall–Kier alpha value is -1.32. The van der Waals surface area contributed by atoms with Gasteiger partial charge in [-0.15, -0.1) is 0 Å². The minimum absolute atomic E-state index is 0.291. The van der Waals surface area contributed by atoms with Crippen molar-refractivity contribution in [1.82, 2.24) is 5.32 Å². The molecule has 106 valence electrons. The molecule has 1 atom stereocenters. The van der Waals surface area contributed by atoms with E-state index >= 15 is 0 Å². The Kier molecular flexibility index (Phi) is 5.21. The van der Waals surface area contributed by atoms with Crippen LogP contribution in [-0.4, -0.2) is 14.2 Å². The Morgan fingerprint density at radius 3 is 2.60 bits per heavy atom. The molecule has 0 fully saturated rings. The molecule has 2 nitrogen and oxygen atoms in total. The number of nitrogens with one attached hydrogen (secondary N) is 1. The van der Waals surface area contributed by atoms with Crippen molar-refractivity contribution >= 4 is 15.9 Å². The zero-order chi connectivity index (χ0) is 14.5. The molecule has 1 unspecified atom stereocenters. The summed E-state index contributed by atoms with van der Waals surface area (Å²) in [5, 5.41) is 3.41. The van der Waals surface area contributed by atoms with Gasteiger partial charge in [-0.25, -0.2) is 0 Å². The summed E-state index contributed by atoms with van der Waals surface area (Å²) in [4.78, 5) is 0. The standard InChI is InChI=1S/C17H20BrNO/c1-12-6-4-5-7-15(12)17(19-2)11-13-10-14(20-3)8-9-16(13)18/h4-10,17,19H,11H2,1-3H3. The number of ether oxygens (including phenoxy) is 1. The van der Waals surface area contributed by atoms with Crippen LogP contribution >= 0.6 is 15.9 Å². The van der Waals surface area contributed by atoms with E-state index in [0.29, 0.717) is 6.04 Å². The fourth-order valence-corrected chi connectivity index (χ4v) is 2.81. The van der Waals surface area contributed by atoms with Crippen LogP contribution in [0, 0.1) is 6.92 Å². The van der Waals surface area contributed by atoms with Gasteiger partial charge in [-0.2, -0.15) is 0 Å². The molecule has 2 aromatic carbocycles. The van der Waals surface area contributed by atoms with Crippen LogP contribution in [0.25, 0.3) is 0 Å². The Bertz CT molecular complexity index is 583. The summed E-state index contributed by atoms with van der Waals surface area (Å²) >= 11 is 3.63. The highest BCUT2D eigenvalue weighted by Crippen LogP contribution is 2.28. The third kappa shape index (κ3) is 3.41. The highest BCUT2D eigenvalue weighted by Gasteiger charge is 2.14. The molecule has 3 heteroatoms. The van der Waals surface area contributed by atoms with Crippen LogP contribution in [0.1, 0.15) is 22.7 Å². The van der Waals surface area contributed by atoms with E-state index in [1.165, 1.54) is 16.7 Å². The zero-order valence-corrected chi connectivity index (χ0v) is 13.7. The van der Waals surface area contributed by atoms with Crippen LogP contribution in [0.3, 0.4) is 0 Å². The van der Waals surface area contributed by atoms with E-state index in [4.69, 9.17) is 4.74 Å².